The van der Waals surface area contributed by atoms with Crippen LogP contribution in [0, 0.1) is 0 Å². The van der Waals surface area contributed by atoms with Gasteiger partial charge in [-0.15, -0.1) is 0 Å². The number of aliphatic hydroxyl groups is 2. The van der Waals surface area contributed by atoms with Gasteiger partial charge in [0.2, 0.25) is 0 Å². The van der Waals surface area contributed by atoms with Gasteiger partial charge >= 0.3 is 11.9 Å². The van der Waals surface area contributed by atoms with E-state index in [1.165, 1.54) is 0 Å². The average Bonchev–Trinajstić information content (AvgIpc) is 1.84. The first-order chi connectivity index (χ1) is 4.46. The molecule has 7 heteroatoms. The number of carbonyl (C=O) groups is 2. The van der Waals surface area contributed by atoms with Crippen LogP contribution in [0.1, 0.15) is 0 Å². The molecule has 3 radical (unpaired) electrons. The van der Waals surface area contributed by atoms with Crippen molar-refractivity contribution in [3.63, 3.8) is 0 Å². The molecule has 0 aliphatic rings. The fourth-order valence-electron chi connectivity index (χ4n) is 0.270. The van der Waals surface area contributed by atoms with Crippen LogP contribution in [0.25, 0.3) is 0 Å². The van der Waals surface area contributed by atoms with Crippen molar-refractivity contribution in [3.8, 4) is 0 Å². The Balaban J connectivity index is 0. The van der Waals surface area contributed by atoms with Gasteiger partial charge in [-0.25, -0.2) is 9.59 Å². The van der Waals surface area contributed by atoms with E-state index < -0.39 is 24.1 Å². The molecule has 4 N–H and O–H groups in total. The molecule has 0 unspecified atom stereocenters. The summed E-state index contributed by atoms with van der Waals surface area (Å²) in [6, 6.07) is 0. The third-order valence-electron chi connectivity index (χ3n) is 0.805. The van der Waals surface area contributed by atoms with Gasteiger partial charge in [-0.3, -0.25) is 0 Å². The normalized spacial score (nSPS) is 14.4. The molecule has 0 amide bonds. The van der Waals surface area contributed by atoms with Gasteiger partial charge in [0.15, 0.2) is 12.2 Å². The molecule has 2 atom stereocenters. The standard InChI is InChI=1S/C4H6O6.Ga/c5-1(3(7)8)2(6)4(9)10;/h1-2,5-6H,(H,7,8)(H,9,10);/t1-,2-;/m1./s1. The van der Waals surface area contributed by atoms with E-state index in [1.54, 1.807) is 0 Å². The fourth-order valence-corrected chi connectivity index (χ4v) is 0.270. The second kappa shape index (κ2) is 5.19. The molecule has 0 aromatic carbocycles. The number of hydrogen-bond acceptors (Lipinski definition) is 4. The second-order valence-electron chi connectivity index (χ2n) is 1.57. The van der Waals surface area contributed by atoms with Crippen molar-refractivity contribution in [3.05, 3.63) is 0 Å². The maximum absolute atomic E-state index is 9.77. The quantitative estimate of drug-likeness (QED) is 0.390. The molecule has 0 rings (SSSR count). The van der Waals surface area contributed by atoms with Crippen molar-refractivity contribution < 1.29 is 30.0 Å². The summed E-state index contributed by atoms with van der Waals surface area (Å²) >= 11 is 0. The predicted molar refractivity (Wildman–Crippen MR) is 33.0 cm³/mol. The molecule has 0 spiro atoms. The van der Waals surface area contributed by atoms with Gasteiger partial charge in [0.05, 0.1) is 0 Å². The van der Waals surface area contributed by atoms with Gasteiger partial charge in [0, 0.05) is 19.8 Å². The van der Waals surface area contributed by atoms with Gasteiger partial charge in [0.1, 0.15) is 0 Å². The molecule has 0 bridgehead atoms. The van der Waals surface area contributed by atoms with E-state index in [0.717, 1.165) is 0 Å². The maximum atomic E-state index is 9.77. The Hall–Kier alpha value is -0.504. The van der Waals surface area contributed by atoms with E-state index >= 15 is 0 Å². The largest absolute Gasteiger partial charge is 0.479 e. The van der Waals surface area contributed by atoms with E-state index in [2.05, 4.69) is 0 Å². The van der Waals surface area contributed by atoms with E-state index in [9.17, 15) is 9.59 Å². The van der Waals surface area contributed by atoms with Gasteiger partial charge < -0.3 is 20.4 Å². The summed E-state index contributed by atoms with van der Waals surface area (Å²) < 4.78 is 0. The van der Waals surface area contributed by atoms with Crippen LogP contribution in [0.4, 0.5) is 0 Å². The van der Waals surface area contributed by atoms with Crippen LogP contribution in [0.3, 0.4) is 0 Å². The maximum Gasteiger partial charge on any atom is 0.335 e. The van der Waals surface area contributed by atoms with E-state index in [-0.39, 0.29) is 19.8 Å². The van der Waals surface area contributed by atoms with Crippen molar-refractivity contribution in [2.75, 3.05) is 0 Å². The smallest absolute Gasteiger partial charge is 0.335 e. The van der Waals surface area contributed by atoms with Crippen LogP contribution in [0.15, 0.2) is 0 Å². The Kier molecular flexibility index (Phi) is 6.18. The molecule has 0 aromatic heterocycles. The van der Waals surface area contributed by atoms with Crippen molar-refractivity contribution in [1.82, 2.24) is 0 Å². The second-order valence-corrected chi connectivity index (χ2v) is 1.57. The number of hydrogen-bond donors (Lipinski definition) is 4. The SMILES string of the molecule is O=C(O)[C@H](O)[C@@H](O)C(=O)O.[Ga]. The van der Waals surface area contributed by atoms with Crippen molar-refractivity contribution in [2.24, 2.45) is 0 Å². The number of aliphatic carboxylic acids is 2. The monoisotopic (exact) mass is 219 g/mol. The molecular weight excluding hydrogens is 214 g/mol. The van der Waals surface area contributed by atoms with Crippen molar-refractivity contribution >= 4 is 31.7 Å². The summed E-state index contributed by atoms with van der Waals surface area (Å²) in [5, 5.41) is 32.5. The molecule has 11 heavy (non-hydrogen) atoms. The van der Waals surface area contributed by atoms with E-state index in [1.807, 2.05) is 0 Å². The van der Waals surface area contributed by atoms with Crippen LogP contribution in [-0.4, -0.2) is 64.4 Å². The minimum atomic E-state index is -2.27. The first-order valence-electron chi connectivity index (χ1n) is 2.28. The molecule has 61 valence electrons. The number of aliphatic hydroxyl groups excluding tert-OH is 2. The van der Waals surface area contributed by atoms with Crippen molar-refractivity contribution in [1.29, 1.82) is 0 Å². The average molecular weight is 220 g/mol. The third-order valence-corrected chi connectivity index (χ3v) is 0.805. The van der Waals surface area contributed by atoms with Gasteiger partial charge in [-0.05, 0) is 0 Å². The Morgan fingerprint density at radius 3 is 1.18 bits per heavy atom. The Bertz CT molecular complexity index is 139. The summed E-state index contributed by atoms with van der Waals surface area (Å²) in [7, 11) is 0. The van der Waals surface area contributed by atoms with Crippen LogP contribution in [0.2, 0.25) is 0 Å². The molecule has 0 aliphatic carbocycles. The summed E-state index contributed by atoms with van der Waals surface area (Å²) in [5.74, 6) is -3.54. The zero-order chi connectivity index (χ0) is 8.31. The number of carboxylic acid groups (broad SMARTS) is 2. The molecular formula is C4H6GaO6. The summed E-state index contributed by atoms with van der Waals surface area (Å²) in [5.41, 5.74) is 0. The minimum Gasteiger partial charge on any atom is -0.479 e. The first kappa shape index (κ1) is 13.1. The summed E-state index contributed by atoms with van der Waals surface area (Å²) in [6.07, 6.45) is -4.53. The van der Waals surface area contributed by atoms with Crippen LogP contribution < -0.4 is 0 Å². The minimum absolute atomic E-state index is 0. The van der Waals surface area contributed by atoms with Crippen LogP contribution in [-0.2, 0) is 9.59 Å². The first-order valence-corrected chi connectivity index (χ1v) is 2.28. The zero-order valence-corrected chi connectivity index (χ0v) is 7.76. The number of rotatable bonds is 3. The van der Waals surface area contributed by atoms with Gasteiger partial charge in [0.25, 0.3) is 0 Å². The van der Waals surface area contributed by atoms with Crippen molar-refractivity contribution in [2.45, 2.75) is 12.2 Å². The van der Waals surface area contributed by atoms with Crippen LogP contribution in [0.5, 0.6) is 0 Å². The van der Waals surface area contributed by atoms with E-state index in [4.69, 9.17) is 20.4 Å². The van der Waals surface area contributed by atoms with E-state index in [0.29, 0.717) is 0 Å². The Morgan fingerprint density at radius 2 is 1.09 bits per heavy atom. The molecule has 0 aromatic rings. The van der Waals surface area contributed by atoms with Gasteiger partial charge in [-0.1, -0.05) is 0 Å². The molecule has 0 saturated carbocycles. The number of carboxylic acids is 2. The third kappa shape index (κ3) is 4.04. The predicted octanol–water partition coefficient (Wildman–Crippen LogP) is -2.50. The fraction of sp³-hybridized carbons (Fsp3) is 0.500. The topological polar surface area (TPSA) is 115 Å². The molecule has 0 saturated heterocycles. The van der Waals surface area contributed by atoms with Gasteiger partial charge in [-0.2, -0.15) is 0 Å². The molecule has 0 aliphatic heterocycles. The van der Waals surface area contributed by atoms with Crippen LogP contribution >= 0.6 is 0 Å². The zero-order valence-electron chi connectivity index (χ0n) is 5.34. The summed E-state index contributed by atoms with van der Waals surface area (Å²) in [6.45, 7) is 0. The Labute approximate surface area is 74.5 Å². The molecule has 6 nitrogen and oxygen atoms in total. The molecule has 0 heterocycles. The summed E-state index contributed by atoms with van der Waals surface area (Å²) in [4.78, 5) is 19.5. The molecule has 0 fully saturated rings. The Morgan fingerprint density at radius 1 is 0.909 bits per heavy atom.